The summed E-state index contributed by atoms with van der Waals surface area (Å²) < 4.78 is 0. The Bertz CT molecular complexity index is 559. The maximum atomic E-state index is 12.7. The molecule has 0 radical (unpaired) electrons. The van der Waals surface area contributed by atoms with E-state index in [4.69, 9.17) is 0 Å². The summed E-state index contributed by atoms with van der Waals surface area (Å²) in [7, 11) is 0. The Morgan fingerprint density at radius 2 is 1.68 bits per heavy atom. The van der Waals surface area contributed by atoms with E-state index in [2.05, 4.69) is 10.6 Å². The van der Waals surface area contributed by atoms with Gasteiger partial charge in [-0.05, 0) is 30.9 Å². The van der Waals surface area contributed by atoms with Crippen LogP contribution in [-0.2, 0) is 9.59 Å². The van der Waals surface area contributed by atoms with E-state index in [-0.39, 0.29) is 17.9 Å². The Morgan fingerprint density at radius 1 is 1.09 bits per heavy atom. The molecule has 0 aromatic carbocycles. The number of carbonyl (C=O) groups is 2. The quantitative estimate of drug-likeness (QED) is 0.570. The maximum Gasteiger partial charge on any atom is 0.237 e. The molecular weight excluding hydrogens is 282 g/mol. The summed E-state index contributed by atoms with van der Waals surface area (Å²) in [5, 5.41) is 16.5. The largest absolute Gasteiger partial charge is 0.376 e. The molecule has 0 spiro atoms. The van der Waals surface area contributed by atoms with Crippen LogP contribution in [0.25, 0.3) is 0 Å². The van der Waals surface area contributed by atoms with Gasteiger partial charge < -0.3 is 10.4 Å². The van der Waals surface area contributed by atoms with E-state index < -0.39 is 24.1 Å². The predicted molar refractivity (Wildman–Crippen MR) is 79.5 cm³/mol. The number of aliphatic hydroxyl groups is 1. The van der Waals surface area contributed by atoms with Crippen LogP contribution in [0.15, 0.2) is 23.3 Å². The monoisotopic (exact) mass is 303 g/mol. The molecule has 5 unspecified atom stereocenters. The average Bonchev–Trinajstić information content (AvgIpc) is 3.03. The zero-order chi connectivity index (χ0) is 15.4. The van der Waals surface area contributed by atoms with Crippen LogP contribution in [0.3, 0.4) is 0 Å². The van der Waals surface area contributed by atoms with Gasteiger partial charge in [0.2, 0.25) is 11.8 Å². The number of amides is 2. The fourth-order valence-corrected chi connectivity index (χ4v) is 4.07. The number of nitrogens with one attached hydrogen (secondary N) is 2. The number of nitrogens with zero attached hydrogens (tertiary/aromatic N) is 1. The zero-order valence-electron chi connectivity index (χ0n) is 12.6. The van der Waals surface area contributed by atoms with E-state index in [1.165, 1.54) is 4.90 Å². The first-order chi connectivity index (χ1) is 10.6. The number of imide groups is 1. The number of hydrogen-bond donors (Lipinski definition) is 3. The number of likely N-dealkylation sites (tertiary alicyclic amines) is 1. The predicted octanol–water partition coefficient (Wildman–Crippen LogP) is -0.484. The second kappa shape index (κ2) is 5.01. The first kappa shape index (κ1) is 14.1. The van der Waals surface area contributed by atoms with Crippen molar-refractivity contribution in [3.8, 4) is 0 Å². The van der Waals surface area contributed by atoms with E-state index in [9.17, 15) is 14.7 Å². The third-order valence-electron chi connectivity index (χ3n) is 5.28. The van der Waals surface area contributed by atoms with E-state index >= 15 is 0 Å². The number of carbonyl (C=O) groups excluding carboxylic acids is 2. The van der Waals surface area contributed by atoms with E-state index in [1.54, 1.807) is 0 Å². The van der Waals surface area contributed by atoms with Gasteiger partial charge >= 0.3 is 0 Å². The lowest BCUT2D eigenvalue weighted by molar-refractivity contribution is -0.147. The Hall–Kier alpha value is -1.50. The highest BCUT2D eigenvalue weighted by molar-refractivity contribution is 6.07. The summed E-state index contributed by atoms with van der Waals surface area (Å²) in [5.74, 6) is -1.11. The second-order valence-electron chi connectivity index (χ2n) is 6.74. The van der Waals surface area contributed by atoms with Crippen molar-refractivity contribution in [2.24, 2.45) is 11.8 Å². The smallest absolute Gasteiger partial charge is 0.237 e. The van der Waals surface area contributed by atoms with Crippen LogP contribution in [0, 0.1) is 11.8 Å². The topological polar surface area (TPSA) is 81.7 Å². The zero-order valence-corrected chi connectivity index (χ0v) is 12.6. The number of rotatable bonds is 1. The van der Waals surface area contributed by atoms with Gasteiger partial charge in [0.25, 0.3) is 0 Å². The lowest BCUT2D eigenvalue weighted by Crippen LogP contribution is -2.57. The van der Waals surface area contributed by atoms with Crippen molar-refractivity contribution in [1.29, 1.82) is 0 Å². The van der Waals surface area contributed by atoms with Crippen LogP contribution in [0.4, 0.5) is 0 Å². The van der Waals surface area contributed by atoms with Gasteiger partial charge in [-0.2, -0.15) is 0 Å². The van der Waals surface area contributed by atoms with Crippen molar-refractivity contribution in [2.75, 3.05) is 13.1 Å². The van der Waals surface area contributed by atoms with Crippen LogP contribution >= 0.6 is 0 Å². The molecular formula is C16H21N3O3. The molecule has 2 amide bonds. The molecule has 3 heterocycles. The molecule has 6 heteroatoms. The molecule has 4 aliphatic rings. The van der Waals surface area contributed by atoms with Crippen molar-refractivity contribution in [3.05, 3.63) is 23.3 Å². The van der Waals surface area contributed by atoms with Crippen molar-refractivity contribution in [3.63, 3.8) is 0 Å². The summed E-state index contributed by atoms with van der Waals surface area (Å²) in [6.07, 6.45) is 4.57. The number of piperidine rings is 1. The molecule has 5 atom stereocenters. The summed E-state index contributed by atoms with van der Waals surface area (Å²) in [4.78, 5) is 26.8. The van der Waals surface area contributed by atoms with Crippen LogP contribution in [0.2, 0.25) is 0 Å². The molecule has 1 aliphatic carbocycles. The standard InChI is InChI=1S/C16H21N3O3/c1-8-2-3-13(14(20)18-8)19-15(21)11-4-9-6-17-7-10(9)5-12(11)16(19)22/h4-5,8,11-14,17-18,20H,2-3,6-7H2,1H3. The highest BCUT2D eigenvalue weighted by atomic mass is 16.3. The fraction of sp³-hybridized carbons (Fsp3) is 0.625. The number of aliphatic hydroxyl groups excluding tert-OH is 1. The Morgan fingerprint density at radius 3 is 2.23 bits per heavy atom. The lowest BCUT2D eigenvalue weighted by atomic mass is 9.85. The van der Waals surface area contributed by atoms with Gasteiger partial charge in [-0.3, -0.25) is 19.8 Å². The molecule has 0 saturated carbocycles. The molecule has 118 valence electrons. The molecule has 0 aromatic rings. The summed E-state index contributed by atoms with van der Waals surface area (Å²) >= 11 is 0. The molecule has 3 aliphatic heterocycles. The highest BCUT2D eigenvalue weighted by Crippen LogP contribution is 2.38. The second-order valence-corrected chi connectivity index (χ2v) is 6.74. The summed E-state index contributed by atoms with van der Waals surface area (Å²) in [5.41, 5.74) is 2.28. The molecule has 0 bridgehead atoms. The van der Waals surface area contributed by atoms with Gasteiger partial charge in [-0.25, -0.2) is 0 Å². The van der Waals surface area contributed by atoms with Gasteiger partial charge in [-0.1, -0.05) is 12.2 Å². The Balaban J connectivity index is 1.63. The van der Waals surface area contributed by atoms with Crippen molar-refractivity contribution in [2.45, 2.75) is 38.1 Å². The van der Waals surface area contributed by atoms with Gasteiger partial charge in [0, 0.05) is 19.1 Å². The van der Waals surface area contributed by atoms with Gasteiger partial charge in [-0.15, -0.1) is 0 Å². The minimum Gasteiger partial charge on any atom is -0.376 e. The fourth-order valence-electron chi connectivity index (χ4n) is 4.07. The molecule has 3 N–H and O–H groups in total. The van der Waals surface area contributed by atoms with Gasteiger partial charge in [0.05, 0.1) is 17.9 Å². The van der Waals surface area contributed by atoms with Crippen LogP contribution < -0.4 is 10.6 Å². The Labute approximate surface area is 129 Å². The van der Waals surface area contributed by atoms with Crippen LogP contribution in [-0.4, -0.2) is 53.2 Å². The number of fused-ring (bicyclic) bond motifs is 2. The van der Waals surface area contributed by atoms with Gasteiger partial charge in [0.1, 0.15) is 6.23 Å². The maximum absolute atomic E-state index is 12.7. The minimum atomic E-state index is -0.835. The molecule has 22 heavy (non-hydrogen) atoms. The molecule has 3 fully saturated rings. The minimum absolute atomic E-state index is 0.162. The normalized spacial score (nSPS) is 41.2. The molecule has 3 saturated heterocycles. The first-order valence-corrected chi connectivity index (χ1v) is 8.00. The van der Waals surface area contributed by atoms with Crippen molar-refractivity contribution in [1.82, 2.24) is 15.5 Å². The Kier molecular flexibility index (Phi) is 3.21. The lowest BCUT2D eigenvalue weighted by Gasteiger charge is -2.37. The highest BCUT2D eigenvalue weighted by Gasteiger charge is 2.51. The first-order valence-electron chi connectivity index (χ1n) is 8.00. The molecule has 6 nitrogen and oxygen atoms in total. The molecule has 4 rings (SSSR count). The van der Waals surface area contributed by atoms with Crippen molar-refractivity contribution >= 4 is 11.8 Å². The number of hydrogen-bond acceptors (Lipinski definition) is 5. The third-order valence-corrected chi connectivity index (χ3v) is 5.28. The van der Waals surface area contributed by atoms with E-state index in [1.807, 2.05) is 19.1 Å². The average molecular weight is 303 g/mol. The summed E-state index contributed by atoms with van der Waals surface area (Å²) in [6, 6.07) is -0.243. The van der Waals surface area contributed by atoms with E-state index in [0.29, 0.717) is 6.42 Å². The molecule has 0 aromatic heterocycles. The van der Waals surface area contributed by atoms with E-state index in [0.717, 1.165) is 30.7 Å². The van der Waals surface area contributed by atoms with Crippen LogP contribution in [0.1, 0.15) is 19.8 Å². The van der Waals surface area contributed by atoms with Gasteiger partial charge in [0.15, 0.2) is 0 Å². The summed E-state index contributed by atoms with van der Waals surface area (Å²) in [6.45, 7) is 3.53. The SMILES string of the molecule is CC1CCC(N2C(=O)C3C=C4CNCC4=CC3C2=O)C(O)N1. The van der Waals surface area contributed by atoms with Crippen molar-refractivity contribution < 1.29 is 14.7 Å². The van der Waals surface area contributed by atoms with Crippen LogP contribution in [0.5, 0.6) is 0 Å². The third kappa shape index (κ3) is 1.98.